The van der Waals surface area contributed by atoms with Crippen LogP contribution in [-0.4, -0.2) is 31.7 Å². The molecule has 0 saturated heterocycles. The number of nitrogens with zero attached hydrogens (tertiary/aromatic N) is 1. The summed E-state index contributed by atoms with van der Waals surface area (Å²) in [5, 5.41) is 6.83. The minimum atomic E-state index is -0.319. The molecular formula is C25H24BrN3O4. The summed E-state index contributed by atoms with van der Waals surface area (Å²) in [6.45, 7) is 3.77. The van der Waals surface area contributed by atoms with E-state index in [0.29, 0.717) is 22.6 Å². The summed E-state index contributed by atoms with van der Waals surface area (Å²) in [7, 11) is 1.51. The first-order valence-electron chi connectivity index (χ1n) is 10.1. The van der Waals surface area contributed by atoms with Gasteiger partial charge in [0.25, 0.3) is 11.8 Å². The number of hydrazone groups is 1. The smallest absolute Gasteiger partial charge is 0.271 e. The van der Waals surface area contributed by atoms with E-state index in [1.165, 1.54) is 13.3 Å². The third kappa shape index (κ3) is 6.92. The Morgan fingerprint density at radius 2 is 1.76 bits per heavy atom. The summed E-state index contributed by atoms with van der Waals surface area (Å²) >= 11 is 3.33. The second-order valence-corrected chi connectivity index (χ2v) is 8.19. The summed E-state index contributed by atoms with van der Waals surface area (Å²) in [6.07, 6.45) is 1.50. The number of benzene rings is 3. The van der Waals surface area contributed by atoms with Crippen molar-refractivity contribution in [1.82, 2.24) is 5.43 Å². The first kappa shape index (κ1) is 24.0. The van der Waals surface area contributed by atoms with Gasteiger partial charge in [0, 0.05) is 15.7 Å². The van der Waals surface area contributed by atoms with Gasteiger partial charge in [-0.3, -0.25) is 9.59 Å². The van der Waals surface area contributed by atoms with Crippen LogP contribution in [0.15, 0.2) is 70.2 Å². The van der Waals surface area contributed by atoms with Crippen LogP contribution in [0.2, 0.25) is 0 Å². The molecule has 0 spiro atoms. The van der Waals surface area contributed by atoms with Crippen molar-refractivity contribution in [1.29, 1.82) is 0 Å². The van der Waals surface area contributed by atoms with Crippen molar-refractivity contribution >= 4 is 39.6 Å². The highest BCUT2D eigenvalue weighted by Gasteiger charge is 2.10. The lowest BCUT2D eigenvalue weighted by Crippen LogP contribution is -2.20. The van der Waals surface area contributed by atoms with Gasteiger partial charge < -0.3 is 14.8 Å². The standard InChI is InChI=1S/C25H24BrN3O4/c1-16-4-10-21(17(2)12-16)28-24(30)15-33-22-11-5-18(13-23(22)32-3)14-27-29-25(31)19-6-8-20(26)9-7-19/h4-14H,15H2,1-3H3,(H,28,30)(H,29,31)/b27-14+. The molecule has 33 heavy (non-hydrogen) atoms. The zero-order valence-electron chi connectivity index (χ0n) is 18.5. The predicted octanol–water partition coefficient (Wildman–Crippen LogP) is 4.86. The van der Waals surface area contributed by atoms with E-state index in [1.807, 2.05) is 32.0 Å². The molecule has 0 aromatic heterocycles. The number of aryl methyl sites for hydroxylation is 2. The van der Waals surface area contributed by atoms with Crippen LogP contribution in [0.25, 0.3) is 0 Å². The molecule has 3 aromatic carbocycles. The average Bonchev–Trinajstić information content (AvgIpc) is 2.80. The molecular weight excluding hydrogens is 486 g/mol. The molecule has 2 amide bonds. The number of hydrogen-bond donors (Lipinski definition) is 2. The number of nitrogens with one attached hydrogen (secondary N) is 2. The molecule has 0 fully saturated rings. The Morgan fingerprint density at radius 1 is 1.00 bits per heavy atom. The van der Waals surface area contributed by atoms with Gasteiger partial charge in [0.1, 0.15) is 0 Å². The molecule has 3 rings (SSSR count). The van der Waals surface area contributed by atoms with Crippen LogP contribution in [0, 0.1) is 13.8 Å². The molecule has 0 bridgehead atoms. The SMILES string of the molecule is COc1cc(/C=N/NC(=O)c2ccc(Br)cc2)ccc1OCC(=O)Nc1ccc(C)cc1C. The van der Waals surface area contributed by atoms with Crippen LogP contribution < -0.4 is 20.2 Å². The summed E-state index contributed by atoms with van der Waals surface area (Å²) in [5.74, 6) is 0.271. The zero-order chi connectivity index (χ0) is 23.8. The fourth-order valence-electron chi connectivity index (χ4n) is 3.00. The normalized spacial score (nSPS) is 10.7. The number of rotatable bonds is 8. The van der Waals surface area contributed by atoms with E-state index in [0.717, 1.165) is 21.3 Å². The molecule has 3 aromatic rings. The van der Waals surface area contributed by atoms with Crippen LogP contribution in [0.5, 0.6) is 11.5 Å². The molecule has 170 valence electrons. The minimum absolute atomic E-state index is 0.166. The quantitative estimate of drug-likeness (QED) is 0.335. The molecule has 0 aliphatic carbocycles. The lowest BCUT2D eigenvalue weighted by atomic mass is 10.1. The second kappa shape index (κ2) is 11.3. The van der Waals surface area contributed by atoms with Crippen molar-refractivity contribution in [2.45, 2.75) is 13.8 Å². The fraction of sp³-hybridized carbons (Fsp3) is 0.160. The van der Waals surface area contributed by atoms with Gasteiger partial charge in [0.05, 0.1) is 13.3 Å². The molecule has 0 radical (unpaired) electrons. The van der Waals surface area contributed by atoms with E-state index in [1.54, 1.807) is 42.5 Å². The number of methoxy groups -OCH3 is 1. The predicted molar refractivity (Wildman–Crippen MR) is 132 cm³/mol. The van der Waals surface area contributed by atoms with Crippen molar-refractivity contribution < 1.29 is 19.1 Å². The molecule has 0 atom stereocenters. The van der Waals surface area contributed by atoms with Gasteiger partial charge in [-0.15, -0.1) is 0 Å². The number of amides is 2. The average molecular weight is 510 g/mol. The Morgan fingerprint density at radius 3 is 2.45 bits per heavy atom. The number of ether oxygens (including phenoxy) is 2. The molecule has 2 N–H and O–H groups in total. The van der Waals surface area contributed by atoms with Gasteiger partial charge in [-0.1, -0.05) is 33.6 Å². The lowest BCUT2D eigenvalue weighted by molar-refractivity contribution is -0.118. The lowest BCUT2D eigenvalue weighted by Gasteiger charge is -2.12. The summed E-state index contributed by atoms with van der Waals surface area (Å²) < 4.78 is 11.9. The molecule has 7 nitrogen and oxygen atoms in total. The first-order chi connectivity index (χ1) is 15.9. The fourth-order valence-corrected chi connectivity index (χ4v) is 3.26. The topological polar surface area (TPSA) is 89.0 Å². The number of halogens is 1. The van der Waals surface area contributed by atoms with Crippen LogP contribution in [0.1, 0.15) is 27.0 Å². The second-order valence-electron chi connectivity index (χ2n) is 7.27. The van der Waals surface area contributed by atoms with Crippen LogP contribution in [-0.2, 0) is 4.79 Å². The number of carbonyl (C=O) groups is 2. The monoisotopic (exact) mass is 509 g/mol. The van der Waals surface area contributed by atoms with Crippen molar-refractivity contribution in [3.05, 3.63) is 87.4 Å². The maximum absolute atomic E-state index is 12.3. The summed E-state index contributed by atoms with van der Waals surface area (Å²) in [6, 6.07) is 17.9. The Bertz CT molecular complexity index is 1180. The number of hydrogen-bond acceptors (Lipinski definition) is 5. The van der Waals surface area contributed by atoms with E-state index in [4.69, 9.17) is 9.47 Å². The first-order valence-corrected chi connectivity index (χ1v) is 10.9. The molecule has 0 heterocycles. The minimum Gasteiger partial charge on any atom is -0.493 e. The number of anilines is 1. The van der Waals surface area contributed by atoms with Crippen LogP contribution >= 0.6 is 15.9 Å². The number of carbonyl (C=O) groups excluding carboxylic acids is 2. The Hall–Kier alpha value is -3.65. The Labute approximate surface area is 200 Å². The molecule has 8 heteroatoms. The zero-order valence-corrected chi connectivity index (χ0v) is 20.1. The third-order valence-corrected chi connectivity index (χ3v) is 5.22. The van der Waals surface area contributed by atoms with Crippen molar-refractivity contribution in [3.8, 4) is 11.5 Å². The molecule has 0 unspecified atom stereocenters. The van der Waals surface area contributed by atoms with E-state index in [9.17, 15) is 9.59 Å². The van der Waals surface area contributed by atoms with Gasteiger partial charge in [-0.05, 0) is 73.5 Å². The van der Waals surface area contributed by atoms with Crippen molar-refractivity contribution in [3.63, 3.8) is 0 Å². The Kier molecular flexibility index (Phi) is 8.21. The molecule has 0 saturated carbocycles. The van der Waals surface area contributed by atoms with Gasteiger partial charge in [-0.2, -0.15) is 5.10 Å². The largest absolute Gasteiger partial charge is 0.493 e. The van der Waals surface area contributed by atoms with Gasteiger partial charge in [-0.25, -0.2) is 5.43 Å². The maximum atomic E-state index is 12.3. The summed E-state index contributed by atoms with van der Waals surface area (Å²) in [5.41, 5.74) is 6.53. The van der Waals surface area contributed by atoms with Gasteiger partial charge in [0.15, 0.2) is 18.1 Å². The van der Waals surface area contributed by atoms with E-state index in [2.05, 4.69) is 31.8 Å². The highest BCUT2D eigenvalue weighted by atomic mass is 79.9. The van der Waals surface area contributed by atoms with Crippen LogP contribution in [0.3, 0.4) is 0 Å². The van der Waals surface area contributed by atoms with Gasteiger partial charge in [0.2, 0.25) is 0 Å². The van der Waals surface area contributed by atoms with Gasteiger partial charge >= 0.3 is 0 Å². The highest BCUT2D eigenvalue weighted by Crippen LogP contribution is 2.27. The van der Waals surface area contributed by atoms with E-state index in [-0.39, 0.29) is 18.4 Å². The van der Waals surface area contributed by atoms with Crippen molar-refractivity contribution in [2.75, 3.05) is 19.0 Å². The summed E-state index contributed by atoms with van der Waals surface area (Å²) in [4.78, 5) is 24.4. The third-order valence-electron chi connectivity index (χ3n) is 4.69. The molecule has 0 aliphatic heterocycles. The highest BCUT2D eigenvalue weighted by molar-refractivity contribution is 9.10. The Balaban J connectivity index is 1.57. The van der Waals surface area contributed by atoms with Crippen molar-refractivity contribution in [2.24, 2.45) is 5.10 Å². The molecule has 0 aliphatic rings. The van der Waals surface area contributed by atoms with Crippen LogP contribution in [0.4, 0.5) is 5.69 Å². The maximum Gasteiger partial charge on any atom is 0.271 e. The van der Waals surface area contributed by atoms with E-state index >= 15 is 0 Å². The van der Waals surface area contributed by atoms with E-state index < -0.39 is 0 Å².